The summed E-state index contributed by atoms with van der Waals surface area (Å²) in [6.45, 7) is 1.22. The first-order chi connectivity index (χ1) is 5.16. The molecule has 5 nitrogen and oxygen atoms in total. The molecule has 1 amide bonds. The number of hydrogen-bond acceptors (Lipinski definition) is 4. The van der Waals surface area contributed by atoms with E-state index < -0.39 is 11.9 Å². The lowest BCUT2D eigenvalue weighted by Gasteiger charge is -1.99. The van der Waals surface area contributed by atoms with Crippen LogP contribution in [0.5, 0.6) is 0 Å². The Balaban J connectivity index is 3.39. The van der Waals surface area contributed by atoms with Gasteiger partial charge >= 0.3 is 5.97 Å². The number of carbonyl (C=O) groups is 2. The van der Waals surface area contributed by atoms with Gasteiger partial charge in [-0.25, -0.2) is 4.79 Å². The van der Waals surface area contributed by atoms with E-state index >= 15 is 0 Å². The predicted octanol–water partition coefficient (Wildman–Crippen LogP) is -0.116. The summed E-state index contributed by atoms with van der Waals surface area (Å²) < 4.78 is 0. The van der Waals surface area contributed by atoms with Gasteiger partial charge in [-0.2, -0.15) is 10.7 Å². The largest absolute Gasteiger partial charge is 0.341 e. The van der Waals surface area contributed by atoms with Crippen molar-refractivity contribution in [1.29, 1.82) is 5.26 Å². The van der Waals surface area contributed by atoms with E-state index in [1.54, 1.807) is 6.07 Å². The summed E-state index contributed by atoms with van der Waals surface area (Å²) >= 11 is 0. The minimum atomic E-state index is -0.609. The highest BCUT2D eigenvalue weighted by atomic mass is 16.7. The third kappa shape index (κ3) is 6.31. The molecule has 0 aromatic heterocycles. The highest BCUT2D eigenvalue weighted by molar-refractivity contribution is 5.75. The molecule has 0 rings (SSSR count). The molecule has 5 heteroatoms. The van der Waals surface area contributed by atoms with Gasteiger partial charge in [-0.15, -0.1) is 0 Å². The quantitative estimate of drug-likeness (QED) is 0.565. The van der Waals surface area contributed by atoms with Crippen molar-refractivity contribution >= 4 is 11.9 Å². The van der Waals surface area contributed by atoms with Crippen LogP contribution in [0, 0.1) is 11.3 Å². The smallest absolute Gasteiger partial charge is 0.333 e. The molecule has 0 aromatic carbocycles. The summed E-state index contributed by atoms with van der Waals surface area (Å²) in [5.74, 6) is -1.06. The Morgan fingerprint density at radius 1 is 1.64 bits per heavy atom. The molecular weight excluding hydrogens is 148 g/mol. The summed E-state index contributed by atoms with van der Waals surface area (Å²) in [6.07, 6.45) is 0.0925. The SMILES string of the molecule is CC(=O)NOC(=O)CCC#N. The van der Waals surface area contributed by atoms with Gasteiger partial charge in [0.1, 0.15) is 0 Å². The minimum Gasteiger partial charge on any atom is -0.341 e. The summed E-state index contributed by atoms with van der Waals surface area (Å²) in [7, 11) is 0. The molecule has 0 aromatic rings. The van der Waals surface area contributed by atoms with E-state index in [-0.39, 0.29) is 12.8 Å². The molecule has 0 fully saturated rings. The highest BCUT2D eigenvalue weighted by Gasteiger charge is 2.02. The van der Waals surface area contributed by atoms with Crippen LogP contribution in [0.15, 0.2) is 0 Å². The molecular formula is C6H8N2O3. The van der Waals surface area contributed by atoms with Crippen molar-refractivity contribution in [2.45, 2.75) is 19.8 Å². The number of carbonyl (C=O) groups excluding carboxylic acids is 2. The van der Waals surface area contributed by atoms with Gasteiger partial charge < -0.3 is 4.84 Å². The first-order valence-corrected chi connectivity index (χ1v) is 3.00. The van der Waals surface area contributed by atoms with Gasteiger partial charge in [0.25, 0.3) is 0 Å². The van der Waals surface area contributed by atoms with E-state index in [9.17, 15) is 9.59 Å². The highest BCUT2D eigenvalue weighted by Crippen LogP contribution is 1.88. The van der Waals surface area contributed by atoms with E-state index in [1.165, 1.54) is 6.92 Å². The number of hydrogen-bond donors (Lipinski definition) is 1. The maximum absolute atomic E-state index is 10.5. The van der Waals surface area contributed by atoms with Crippen molar-refractivity contribution in [1.82, 2.24) is 5.48 Å². The fourth-order valence-corrected chi connectivity index (χ4v) is 0.338. The van der Waals surface area contributed by atoms with Gasteiger partial charge in [-0.05, 0) is 0 Å². The van der Waals surface area contributed by atoms with Crippen molar-refractivity contribution in [3.63, 3.8) is 0 Å². The maximum Gasteiger partial charge on any atom is 0.333 e. The van der Waals surface area contributed by atoms with E-state index in [0.29, 0.717) is 0 Å². The third-order valence-electron chi connectivity index (χ3n) is 0.750. The van der Waals surface area contributed by atoms with Crippen molar-refractivity contribution < 1.29 is 14.4 Å². The minimum absolute atomic E-state index is 0.00319. The molecule has 0 saturated heterocycles. The zero-order chi connectivity index (χ0) is 8.69. The zero-order valence-corrected chi connectivity index (χ0v) is 6.09. The first kappa shape index (κ1) is 9.43. The van der Waals surface area contributed by atoms with Crippen molar-refractivity contribution in [3.8, 4) is 6.07 Å². The average Bonchev–Trinajstić information content (AvgIpc) is 1.97. The van der Waals surface area contributed by atoms with Crippen LogP contribution in [0.25, 0.3) is 0 Å². The second-order valence-electron chi connectivity index (χ2n) is 1.79. The van der Waals surface area contributed by atoms with E-state index in [0.717, 1.165) is 0 Å². The summed E-state index contributed by atoms with van der Waals surface area (Å²) in [4.78, 5) is 24.9. The van der Waals surface area contributed by atoms with Gasteiger partial charge in [0.05, 0.1) is 12.5 Å². The van der Waals surface area contributed by atoms with Crippen LogP contribution in [0.4, 0.5) is 0 Å². The fourth-order valence-electron chi connectivity index (χ4n) is 0.338. The third-order valence-corrected chi connectivity index (χ3v) is 0.750. The number of amides is 1. The van der Waals surface area contributed by atoms with Crippen LogP contribution < -0.4 is 5.48 Å². The standard InChI is InChI=1S/C6H8N2O3/c1-5(9)8-11-6(10)3-2-4-7/h2-3H2,1H3,(H,8,9). The van der Waals surface area contributed by atoms with Gasteiger partial charge in [0, 0.05) is 13.3 Å². The van der Waals surface area contributed by atoms with E-state index in [2.05, 4.69) is 4.84 Å². The molecule has 0 aliphatic carbocycles. The monoisotopic (exact) mass is 156 g/mol. The van der Waals surface area contributed by atoms with Crippen molar-refractivity contribution in [3.05, 3.63) is 0 Å². The van der Waals surface area contributed by atoms with Crippen molar-refractivity contribution in [2.24, 2.45) is 0 Å². The fraction of sp³-hybridized carbons (Fsp3) is 0.500. The van der Waals surface area contributed by atoms with Crippen LogP contribution in [0.1, 0.15) is 19.8 Å². The van der Waals surface area contributed by atoms with Crippen LogP contribution in [-0.4, -0.2) is 11.9 Å². The molecule has 0 aliphatic rings. The second kappa shape index (κ2) is 5.23. The van der Waals surface area contributed by atoms with E-state index in [4.69, 9.17) is 5.26 Å². The Kier molecular flexibility index (Phi) is 4.49. The molecule has 0 aliphatic heterocycles. The Morgan fingerprint density at radius 2 is 2.27 bits per heavy atom. The Bertz CT molecular complexity index is 194. The Labute approximate surface area is 63.9 Å². The van der Waals surface area contributed by atoms with Gasteiger partial charge in [-0.1, -0.05) is 0 Å². The normalized spacial score (nSPS) is 8.00. The Morgan fingerprint density at radius 3 is 2.73 bits per heavy atom. The zero-order valence-electron chi connectivity index (χ0n) is 6.09. The van der Waals surface area contributed by atoms with E-state index in [1.807, 2.05) is 5.48 Å². The van der Waals surface area contributed by atoms with Gasteiger partial charge in [0.2, 0.25) is 5.91 Å². The topological polar surface area (TPSA) is 79.2 Å². The van der Waals surface area contributed by atoms with Gasteiger partial charge in [0.15, 0.2) is 0 Å². The molecule has 0 unspecified atom stereocenters. The lowest BCUT2D eigenvalue weighted by molar-refractivity contribution is -0.157. The van der Waals surface area contributed by atoms with Crippen LogP contribution >= 0.6 is 0 Å². The number of rotatable bonds is 2. The van der Waals surface area contributed by atoms with Gasteiger partial charge in [-0.3, -0.25) is 4.79 Å². The molecule has 60 valence electrons. The molecule has 0 heterocycles. The lowest BCUT2D eigenvalue weighted by atomic mass is 10.3. The first-order valence-electron chi connectivity index (χ1n) is 3.00. The molecule has 0 spiro atoms. The molecule has 0 radical (unpaired) electrons. The number of nitrogens with one attached hydrogen (secondary N) is 1. The van der Waals surface area contributed by atoms with Crippen LogP contribution in [0.3, 0.4) is 0 Å². The molecule has 0 bridgehead atoms. The Hall–Kier alpha value is -1.57. The van der Waals surface area contributed by atoms with Crippen LogP contribution in [0.2, 0.25) is 0 Å². The molecule has 0 saturated carbocycles. The maximum atomic E-state index is 10.5. The molecule has 0 atom stereocenters. The predicted molar refractivity (Wildman–Crippen MR) is 34.8 cm³/mol. The molecule has 1 N–H and O–H groups in total. The van der Waals surface area contributed by atoms with Crippen LogP contribution in [-0.2, 0) is 14.4 Å². The number of hydroxylamine groups is 1. The summed E-state index contributed by atoms with van der Waals surface area (Å²) in [5.41, 5.74) is 1.86. The number of nitrogens with zero attached hydrogens (tertiary/aromatic N) is 1. The average molecular weight is 156 g/mol. The summed E-state index contributed by atoms with van der Waals surface area (Å²) in [5, 5.41) is 8.05. The lowest BCUT2D eigenvalue weighted by Crippen LogP contribution is -2.24. The molecule has 11 heavy (non-hydrogen) atoms. The van der Waals surface area contributed by atoms with Crippen molar-refractivity contribution in [2.75, 3.05) is 0 Å². The number of nitriles is 1. The summed E-state index contributed by atoms with van der Waals surface area (Å²) in [6, 6.07) is 1.77. The second-order valence-corrected chi connectivity index (χ2v) is 1.79.